The van der Waals surface area contributed by atoms with Gasteiger partial charge in [-0.1, -0.05) is 18.2 Å². The lowest BCUT2D eigenvalue weighted by Gasteiger charge is -2.31. The maximum atomic E-state index is 11.7. The summed E-state index contributed by atoms with van der Waals surface area (Å²) in [5, 5.41) is 16.9. The van der Waals surface area contributed by atoms with Crippen LogP contribution in [0.2, 0.25) is 0 Å². The fraction of sp³-hybridized carbons (Fsp3) is 0.529. The maximum absolute atomic E-state index is 11.7. The minimum atomic E-state index is -0.512. The maximum Gasteiger partial charge on any atom is 0.321 e. The first kappa shape index (κ1) is 18.2. The number of para-hydroxylation sites is 1. The third-order valence-electron chi connectivity index (χ3n) is 4.30. The van der Waals surface area contributed by atoms with E-state index in [4.69, 9.17) is 0 Å². The number of anilines is 1. The second-order valence-corrected chi connectivity index (χ2v) is 6.04. The van der Waals surface area contributed by atoms with E-state index in [1.807, 2.05) is 24.3 Å². The molecule has 7 heteroatoms. The summed E-state index contributed by atoms with van der Waals surface area (Å²) in [6, 6.07) is 7.36. The van der Waals surface area contributed by atoms with E-state index in [9.17, 15) is 14.7 Å². The molecule has 1 fully saturated rings. The molecule has 1 aliphatic heterocycles. The number of benzene rings is 1. The van der Waals surface area contributed by atoms with Crippen LogP contribution in [0, 0.1) is 5.92 Å². The van der Waals surface area contributed by atoms with Crippen LogP contribution < -0.4 is 16.0 Å². The Kier molecular flexibility index (Phi) is 7.02. The fourth-order valence-corrected chi connectivity index (χ4v) is 2.81. The summed E-state index contributed by atoms with van der Waals surface area (Å²) in [6.07, 6.45) is 2.03. The number of likely N-dealkylation sites (tertiary alicyclic amines) is 1. The Morgan fingerprint density at radius 3 is 2.62 bits per heavy atom. The number of nitrogens with one attached hydrogen (secondary N) is 3. The van der Waals surface area contributed by atoms with Gasteiger partial charge in [-0.2, -0.15) is 0 Å². The van der Waals surface area contributed by atoms with Gasteiger partial charge >= 0.3 is 6.03 Å². The molecule has 0 aromatic heterocycles. The third kappa shape index (κ3) is 5.50. The number of aliphatic hydroxyl groups excluding tert-OH is 1. The average Bonchev–Trinajstić information content (AvgIpc) is 2.61. The predicted octanol–water partition coefficient (Wildman–Crippen LogP) is 0.758. The van der Waals surface area contributed by atoms with Crippen molar-refractivity contribution in [2.45, 2.75) is 19.4 Å². The number of carbonyl (C=O) groups excluding carboxylic acids is 2. The molecule has 0 atom stereocenters. The van der Waals surface area contributed by atoms with Crippen LogP contribution in [-0.4, -0.2) is 55.2 Å². The van der Waals surface area contributed by atoms with E-state index in [1.165, 1.54) is 7.05 Å². The standard InChI is InChI=1S/C17H26N4O3/c1-18-17(24)20-16(23)10-19-15-5-3-2-4-14(15)11-21-8-6-13(12-22)7-9-21/h2-5,13,19,22H,6-12H2,1H3,(H2,18,20,23,24). The molecular formula is C17H26N4O3. The number of piperidine rings is 1. The topological polar surface area (TPSA) is 93.7 Å². The number of amides is 3. The number of nitrogens with zero attached hydrogens (tertiary/aromatic N) is 1. The van der Waals surface area contributed by atoms with E-state index < -0.39 is 6.03 Å². The molecule has 0 unspecified atom stereocenters. The van der Waals surface area contributed by atoms with Crippen molar-refractivity contribution in [1.29, 1.82) is 0 Å². The summed E-state index contributed by atoms with van der Waals surface area (Å²) in [7, 11) is 1.46. The van der Waals surface area contributed by atoms with Crippen molar-refractivity contribution in [3.63, 3.8) is 0 Å². The molecule has 0 saturated carbocycles. The number of carbonyl (C=O) groups is 2. The van der Waals surface area contributed by atoms with Gasteiger partial charge in [-0.15, -0.1) is 0 Å². The smallest absolute Gasteiger partial charge is 0.321 e. The number of rotatable bonds is 6. The van der Waals surface area contributed by atoms with Crippen LogP contribution in [-0.2, 0) is 11.3 Å². The van der Waals surface area contributed by atoms with Gasteiger partial charge in [0.15, 0.2) is 0 Å². The first-order valence-electron chi connectivity index (χ1n) is 8.29. The lowest BCUT2D eigenvalue weighted by Crippen LogP contribution is -2.40. The van der Waals surface area contributed by atoms with Crippen molar-refractivity contribution >= 4 is 17.6 Å². The minimum absolute atomic E-state index is 0.0387. The van der Waals surface area contributed by atoms with Crippen molar-refractivity contribution in [1.82, 2.24) is 15.5 Å². The van der Waals surface area contributed by atoms with Gasteiger partial charge in [0, 0.05) is 25.9 Å². The largest absolute Gasteiger partial charge is 0.396 e. The number of urea groups is 1. The molecule has 1 aromatic rings. The van der Waals surface area contributed by atoms with Crippen molar-refractivity contribution in [3.05, 3.63) is 29.8 Å². The number of hydrogen-bond donors (Lipinski definition) is 4. The molecule has 1 heterocycles. The van der Waals surface area contributed by atoms with Gasteiger partial charge < -0.3 is 15.7 Å². The summed E-state index contributed by atoms with van der Waals surface area (Å²) in [4.78, 5) is 25.2. The van der Waals surface area contributed by atoms with Gasteiger partial charge in [-0.25, -0.2) is 4.79 Å². The van der Waals surface area contributed by atoms with Gasteiger partial charge in [0.05, 0.1) is 6.54 Å². The van der Waals surface area contributed by atoms with Gasteiger partial charge in [0.1, 0.15) is 0 Å². The van der Waals surface area contributed by atoms with Crippen LogP contribution in [0.5, 0.6) is 0 Å². The average molecular weight is 334 g/mol. The molecule has 3 amide bonds. The fourth-order valence-electron chi connectivity index (χ4n) is 2.81. The van der Waals surface area contributed by atoms with Crippen molar-refractivity contribution in [2.75, 3.05) is 38.6 Å². The summed E-state index contributed by atoms with van der Waals surface area (Å²) < 4.78 is 0. The molecule has 0 aliphatic carbocycles. The number of aliphatic hydroxyl groups is 1. The Labute approximate surface area is 142 Å². The molecular weight excluding hydrogens is 308 g/mol. The van der Waals surface area contributed by atoms with Crippen molar-refractivity contribution < 1.29 is 14.7 Å². The molecule has 0 bridgehead atoms. The Morgan fingerprint density at radius 2 is 1.96 bits per heavy atom. The highest BCUT2D eigenvalue weighted by atomic mass is 16.3. The molecule has 4 N–H and O–H groups in total. The van der Waals surface area contributed by atoms with Crippen molar-refractivity contribution in [3.8, 4) is 0 Å². The first-order valence-corrected chi connectivity index (χ1v) is 8.29. The Hall–Kier alpha value is -2.12. The zero-order chi connectivity index (χ0) is 17.4. The van der Waals surface area contributed by atoms with Gasteiger partial charge in [-0.3, -0.25) is 15.0 Å². The van der Waals surface area contributed by atoms with E-state index in [1.54, 1.807) is 0 Å². The third-order valence-corrected chi connectivity index (χ3v) is 4.30. The number of imide groups is 1. The second-order valence-electron chi connectivity index (χ2n) is 6.04. The van der Waals surface area contributed by atoms with E-state index in [-0.39, 0.29) is 19.1 Å². The summed E-state index contributed by atoms with van der Waals surface area (Å²) in [5.41, 5.74) is 2.02. The van der Waals surface area contributed by atoms with E-state index in [0.29, 0.717) is 5.92 Å². The summed E-state index contributed by atoms with van der Waals surface area (Å²) in [5.74, 6) is 0.0379. The molecule has 1 aliphatic rings. The van der Waals surface area contributed by atoms with E-state index in [0.717, 1.165) is 43.7 Å². The monoisotopic (exact) mass is 334 g/mol. The molecule has 1 aromatic carbocycles. The second kappa shape index (κ2) is 9.24. The molecule has 2 rings (SSSR count). The summed E-state index contributed by atoms with van der Waals surface area (Å²) in [6.45, 7) is 3.05. The van der Waals surface area contributed by atoms with Gasteiger partial charge in [0.25, 0.3) is 0 Å². The normalized spacial score (nSPS) is 15.8. The van der Waals surface area contributed by atoms with Crippen molar-refractivity contribution in [2.24, 2.45) is 5.92 Å². The molecule has 7 nitrogen and oxygen atoms in total. The zero-order valence-electron chi connectivity index (χ0n) is 14.0. The SMILES string of the molecule is CNC(=O)NC(=O)CNc1ccccc1CN1CCC(CO)CC1. The minimum Gasteiger partial charge on any atom is -0.396 e. The highest BCUT2D eigenvalue weighted by molar-refractivity contribution is 5.96. The molecule has 24 heavy (non-hydrogen) atoms. The Bertz CT molecular complexity index is 557. The van der Waals surface area contributed by atoms with Crippen LogP contribution in [0.25, 0.3) is 0 Å². The van der Waals surface area contributed by atoms with Gasteiger partial charge in [0.2, 0.25) is 5.91 Å². The highest BCUT2D eigenvalue weighted by Gasteiger charge is 2.19. The molecule has 0 spiro atoms. The Morgan fingerprint density at radius 1 is 1.25 bits per heavy atom. The first-order chi connectivity index (χ1) is 11.6. The lowest BCUT2D eigenvalue weighted by atomic mass is 9.97. The quantitative estimate of drug-likeness (QED) is 0.616. The van der Waals surface area contributed by atoms with Crippen LogP contribution in [0.3, 0.4) is 0 Å². The molecule has 1 saturated heterocycles. The van der Waals surface area contributed by atoms with Gasteiger partial charge in [-0.05, 0) is 43.5 Å². The molecule has 0 radical (unpaired) electrons. The van der Waals surface area contributed by atoms with E-state index in [2.05, 4.69) is 20.9 Å². The highest BCUT2D eigenvalue weighted by Crippen LogP contribution is 2.22. The van der Waals surface area contributed by atoms with Crippen LogP contribution in [0.4, 0.5) is 10.5 Å². The summed E-state index contributed by atoms with van der Waals surface area (Å²) >= 11 is 0. The van der Waals surface area contributed by atoms with Crippen LogP contribution >= 0.6 is 0 Å². The lowest BCUT2D eigenvalue weighted by molar-refractivity contribution is -0.118. The number of hydrogen-bond acceptors (Lipinski definition) is 5. The zero-order valence-corrected chi connectivity index (χ0v) is 14.0. The van der Waals surface area contributed by atoms with Crippen LogP contribution in [0.1, 0.15) is 18.4 Å². The van der Waals surface area contributed by atoms with Crippen LogP contribution in [0.15, 0.2) is 24.3 Å². The molecule has 132 valence electrons. The van der Waals surface area contributed by atoms with E-state index >= 15 is 0 Å². The Balaban J connectivity index is 1.88. The predicted molar refractivity (Wildman–Crippen MR) is 92.6 cm³/mol.